The van der Waals surface area contributed by atoms with Crippen molar-refractivity contribution in [2.75, 3.05) is 26.0 Å². The van der Waals surface area contributed by atoms with Crippen LogP contribution in [0.25, 0.3) is 0 Å². The molecule has 32 heavy (non-hydrogen) atoms. The van der Waals surface area contributed by atoms with Crippen molar-refractivity contribution < 1.29 is 23.4 Å². The lowest BCUT2D eigenvalue weighted by molar-refractivity contribution is 0.156. The van der Waals surface area contributed by atoms with Gasteiger partial charge in [-0.25, -0.2) is 13.6 Å². The molecule has 1 heterocycles. The molecular weight excluding hydrogens is 440 g/mol. The van der Waals surface area contributed by atoms with Crippen LogP contribution in [0.1, 0.15) is 31.2 Å². The fraction of sp³-hybridized carbons (Fsp3) is 0.435. The van der Waals surface area contributed by atoms with Crippen molar-refractivity contribution >= 4 is 24.1 Å². The number of urea groups is 1. The summed E-state index contributed by atoms with van der Waals surface area (Å²) in [5.74, 6) is -1.37. The van der Waals surface area contributed by atoms with Gasteiger partial charge in [-0.1, -0.05) is 6.07 Å². The van der Waals surface area contributed by atoms with Crippen LogP contribution in [-0.4, -0.2) is 48.8 Å². The summed E-state index contributed by atoms with van der Waals surface area (Å²) in [4.78, 5) is 14.7. The average Bonchev–Trinajstić information content (AvgIpc) is 3.08. The number of phenols is 1. The van der Waals surface area contributed by atoms with E-state index in [0.717, 1.165) is 49.9 Å². The summed E-state index contributed by atoms with van der Waals surface area (Å²) in [5.41, 5.74) is 1.28. The van der Waals surface area contributed by atoms with Crippen molar-refractivity contribution in [3.63, 3.8) is 0 Å². The van der Waals surface area contributed by atoms with Gasteiger partial charge in [0.1, 0.15) is 0 Å². The van der Waals surface area contributed by atoms with Crippen LogP contribution in [-0.2, 0) is 5.41 Å². The molecule has 4 rings (SSSR count). The number of nitrogens with zero attached hydrogens (tertiary/aromatic N) is 1. The van der Waals surface area contributed by atoms with Gasteiger partial charge in [-0.2, -0.15) is 0 Å². The number of nitrogens with one attached hydrogen (secondary N) is 2. The summed E-state index contributed by atoms with van der Waals surface area (Å²) in [5, 5.41) is 15.5. The second-order valence-corrected chi connectivity index (χ2v) is 8.49. The van der Waals surface area contributed by atoms with E-state index in [-0.39, 0.29) is 41.3 Å². The van der Waals surface area contributed by atoms with Crippen LogP contribution in [0.5, 0.6) is 11.5 Å². The molecule has 3 atom stereocenters. The Kier molecular flexibility index (Phi) is 7.15. The molecule has 2 fully saturated rings. The Morgan fingerprint density at radius 3 is 2.69 bits per heavy atom. The minimum atomic E-state index is -1.00. The molecule has 0 radical (unpaired) electrons. The van der Waals surface area contributed by atoms with Gasteiger partial charge in [0.2, 0.25) is 0 Å². The van der Waals surface area contributed by atoms with E-state index in [1.165, 1.54) is 6.07 Å². The number of aromatic hydroxyl groups is 1. The fourth-order valence-corrected chi connectivity index (χ4v) is 5.16. The molecule has 1 aliphatic carbocycles. The lowest BCUT2D eigenvalue weighted by atomic mass is 9.65. The van der Waals surface area contributed by atoms with Gasteiger partial charge >= 0.3 is 6.03 Å². The van der Waals surface area contributed by atoms with Gasteiger partial charge in [0.25, 0.3) is 0 Å². The van der Waals surface area contributed by atoms with E-state index in [2.05, 4.69) is 22.6 Å². The molecule has 1 saturated carbocycles. The van der Waals surface area contributed by atoms with Crippen LogP contribution in [0, 0.1) is 11.6 Å². The largest absolute Gasteiger partial charge is 0.504 e. The second kappa shape index (κ2) is 9.50. The van der Waals surface area contributed by atoms with Gasteiger partial charge in [-0.3, -0.25) is 0 Å². The quantitative estimate of drug-likeness (QED) is 0.622. The topological polar surface area (TPSA) is 73.8 Å². The van der Waals surface area contributed by atoms with E-state index in [1.807, 2.05) is 12.1 Å². The molecule has 0 bridgehead atoms. The standard InChI is InChI=1S/C23H27F2N3O3.ClH/c1-28-10-9-23(14-3-6-19(29)20(11-14)31-2)8-7-16(13-21(23)28)27-22(30)26-15-4-5-17(24)18(25)12-15;/h3-6,11-12,16,21,29H,7-10,13H2,1-2H3,(H2,26,27,30);1H. The number of carbonyl (C=O) groups excluding carboxylic acids is 1. The van der Waals surface area contributed by atoms with E-state index in [1.54, 1.807) is 13.2 Å². The Bertz CT molecular complexity index is 993. The van der Waals surface area contributed by atoms with Gasteiger partial charge in [0.05, 0.1) is 7.11 Å². The third-order valence-electron chi connectivity index (χ3n) is 6.79. The van der Waals surface area contributed by atoms with Crippen LogP contribution in [0.15, 0.2) is 36.4 Å². The molecule has 3 unspecified atom stereocenters. The Morgan fingerprint density at radius 1 is 1.19 bits per heavy atom. The van der Waals surface area contributed by atoms with E-state index in [0.29, 0.717) is 5.75 Å². The number of anilines is 1. The molecule has 9 heteroatoms. The highest BCUT2D eigenvalue weighted by atomic mass is 35.5. The number of benzene rings is 2. The molecule has 0 aromatic heterocycles. The number of halogens is 3. The van der Waals surface area contributed by atoms with Crippen LogP contribution in [0.3, 0.4) is 0 Å². The van der Waals surface area contributed by atoms with E-state index < -0.39 is 17.7 Å². The van der Waals surface area contributed by atoms with Crippen LogP contribution >= 0.6 is 12.4 Å². The highest BCUT2D eigenvalue weighted by Crippen LogP contribution is 2.49. The summed E-state index contributed by atoms with van der Waals surface area (Å²) in [6.07, 6.45) is 3.44. The number of methoxy groups -OCH3 is 1. The Balaban J connectivity index is 0.00000289. The zero-order valence-electron chi connectivity index (χ0n) is 18.0. The zero-order chi connectivity index (χ0) is 22.2. The third kappa shape index (κ3) is 4.47. The van der Waals surface area contributed by atoms with Crippen molar-refractivity contribution in [2.24, 2.45) is 0 Å². The summed E-state index contributed by atoms with van der Waals surface area (Å²) < 4.78 is 31.8. The number of hydrogen-bond acceptors (Lipinski definition) is 4. The van der Waals surface area contributed by atoms with Crippen LogP contribution in [0.4, 0.5) is 19.3 Å². The maximum absolute atomic E-state index is 13.4. The fourth-order valence-electron chi connectivity index (χ4n) is 5.16. The predicted molar refractivity (Wildman–Crippen MR) is 121 cm³/mol. The Hall–Kier alpha value is -2.58. The Labute approximate surface area is 192 Å². The number of carbonyl (C=O) groups is 1. The minimum absolute atomic E-state index is 0. The number of fused-ring (bicyclic) bond motifs is 1. The maximum atomic E-state index is 13.4. The maximum Gasteiger partial charge on any atom is 0.319 e. The molecule has 0 spiro atoms. The lowest BCUT2D eigenvalue weighted by Crippen LogP contribution is -2.52. The number of ether oxygens (including phenoxy) is 1. The Morgan fingerprint density at radius 2 is 1.97 bits per heavy atom. The predicted octanol–water partition coefficient (Wildman–Crippen LogP) is 4.42. The average molecular weight is 468 g/mol. The van der Waals surface area contributed by atoms with Crippen LogP contribution < -0.4 is 15.4 Å². The summed E-state index contributed by atoms with van der Waals surface area (Å²) in [7, 11) is 3.63. The molecule has 3 N–H and O–H groups in total. The summed E-state index contributed by atoms with van der Waals surface area (Å²) in [6.45, 7) is 0.946. The summed E-state index contributed by atoms with van der Waals surface area (Å²) in [6, 6.07) is 8.59. The smallest absolute Gasteiger partial charge is 0.319 e. The SMILES string of the molecule is COc1cc(C23CCC(NC(=O)Nc4ccc(F)c(F)c4)CC2N(C)CC3)ccc1O.Cl. The first-order valence-electron chi connectivity index (χ1n) is 10.4. The number of likely N-dealkylation sites (N-methyl/N-ethyl adjacent to an activating group) is 1. The van der Waals surface area contributed by atoms with Gasteiger partial charge in [0.15, 0.2) is 23.1 Å². The number of rotatable bonds is 4. The van der Waals surface area contributed by atoms with Crippen LogP contribution in [0.2, 0.25) is 0 Å². The number of amides is 2. The molecule has 2 aliphatic rings. The van der Waals surface area contributed by atoms with Crippen molar-refractivity contribution in [3.8, 4) is 11.5 Å². The molecular formula is C23H28ClF2N3O3. The molecule has 2 aromatic carbocycles. The van der Waals surface area contributed by atoms with E-state index >= 15 is 0 Å². The van der Waals surface area contributed by atoms with Crippen molar-refractivity contribution in [2.45, 2.75) is 43.2 Å². The third-order valence-corrected chi connectivity index (χ3v) is 6.79. The lowest BCUT2D eigenvalue weighted by Gasteiger charge is -2.45. The molecule has 1 aliphatic heterocycles. The van der Waals surface area contributed by atoms with E-state index in [9.17, 15) is 18.7 Å². The number of phenolic OH excluding ortho intramolecular Hbond substituents is 1. The van der Waals surface area contributed by atoms with Crippen molar-refractivity contribution in [1.29, 1.82) is 0 Å². The monoisotopic (exact) mass is 467 g/mol. The normalized spacial score (nSPS) is 24.9. The number of hydrogen-bond donors (Lipinski definition) is 3. The minimum Gasteiger partial charge on any atom is -0.504 e. The van der Waals surface area contributed by atoms with Crippen molar-refractivity contribution in [3.05, 3.63) is 53.6 Å². The van der Waals surface area contributed by atoms with Gasteiger partial charge in [0, 0.05) is 29.3 Å². The van der Waals surface area contributed by atoms with Gasteiger partial charge < -0.3 is 25.4 Å². The van der Waals surface area contributed by atoms with Gasteiger partial charge in [-0.05, 0) is 69.1 Å². The number of likely N-dealkylation sites (tertiary alicyclic amines) is 1. The summed E-state index contributed by atoms with van der Waals surface area (Å²) >= 11 is 0. The second-order valence-electron chi connectivity index (χ2n) is 8.49. The first-order valence-corrected chi connectivity index (χ1v) is 10.4. The zero-order valence-corrected chi connectivity index (χ0v) is 18.8. The first kappa shape index (κ1) is 24.1. The van der Waals surface area contributed by atoms with Gasteiger partial charge in [-0.15, -0.1) is 12.4 Å². The van der Waals surface area contributed by atoms with E-state index in [4.69, 9.17) is 4.74 Å². The highest BCUT2D eigenvalue weighted by Gasteiger charge is 2.50. The molecule has 1 saturated heterocycles. The molecule has 6 nitrogen and oxygen atoms in total. The first-order chi connectivity index (χ1) is 14.8. The molecule has 2 aromatic rings. The highest BCUT2D eigenvalue weighted by molar-refractivity contribution is 5.89. The molecule has 174 valence electrons. The molecule has 2 amide bonds. The van der Waals surface area contributed by atoms with Crippen molar-refractivity contribution in [1.82, 2.24) is 10.2 Å².